The largest absolute Gasteiger partial charge is 0.327 e. The van der Waals surface area contributed by atoms with E-state index in [4.69, 9.17) is 28.9 Å². The van der Waals surface area contributed by atoms with Crippen LogP contribution in [0.5, 0.6) is 0 Å². The molecule has 0 saturated carbocycles. The Bertz CT molecular complexity index is 407. The van der Waals surface area contributed by atoms with E-state index >= 15 is 0 Å². The number of rotatable bonds is 6. The van der Waals surface area contributed by atoms with Gasteiger partial charge in [-0.05, 0) is 56.6 Å². The van der Waals surface area contributed by atoms with Crippen molar-refractivity contribution in [3.05, 3.63) is 33.8 Å². The molecule has 2 nitrogen and oxygen atoms in total. The first kappa shape index (κ1) is 16.8. The molecule has 1 aromatic carbocycles. The van der Waals surface area contributed by atoms with Crippen LogP contribution in [0.3, 0.4) is 0 Å². The van der Waals surface area contributed by atoms with Crippen LogP contribution in [0.4, 0.5) is 0 Å². The van der Waals surface area contributed by atoms with Gasteiger partial charge in [-0.1, -0.05) is 37.0 Å². The van der Waals surface area contributed by atoms with Gasteiger partial charge in [-0.15, -0.1) is 0 Å². The molecular formula is C15H24Cl2N2. The van der Waals surface area contributed by atoms with Gasteiger partial charge in [0.2, 0.25) is 0 Å². The Balaban J connectivity index is 2.66. The van der Waals surface area contributed by atoms with E-state index in [9.17, 15) is 0 Å². The van der Waals surface area contributed by atoms with Gasteiger partial charge in [0.05, 0.1) is 0 Å². The molecular weight excluding hydrogens is 279 g/mol. The summed E-state index contributed by atoms with van der Waals surface area (Å²) in [5, 5.41) is 1.48. The van der Waals surface area contributed by atoms with Gasteiger partial charge in [-0.3, -0.25) is 4.90 Å². The van der Waals surface area contributed by atoms with Gasteiger partial charge >= 0.3 is 0 Å². The first-order valence-corrected chi connectivity index (χ1v) is 7.49. The molecule has 0 heterocycles. The molecule has 0 amide bonds. The number of nitrogens with zero attached hydrogens (tertiary/aromatic N) is 1. The molecule has 0 bridgehead atoms. The Kier molecular flexibility index (Phi) is 6.61. The van der Waals surface area contributed by atoms with Crippen LogP contribution in [-0.2, 0) is 0 Å². The normalized spacial score (nSPS) is 15.0. The summed E-state index contributed by atoms with van der Waals surface area (Å²) in [6.45, 7) is 7.39. The van der Waals surface area contributed by atoms with Crippen molar-refractivity contribution in [3.8, 4) is 0 Å². The SMILES string of the molecule is CC(C)C(N)CCN(C)C(C)c1cc(Cl)ccc1Cl. The lowest BCUT2D eigenvalue weighted by Crippen LogP contribution is -2.33. The number of hydrogen-bond donors (Lipinski definition) is 1. The highest BCUT2D eigenvalue weighted by Gasteiger charge is 2.16. The van der Waals surface area contributed by atoms with Crippen molar-refractivity contribution in [1.82, 2.24) is 4.90 Å². The maximum absolute atomic E-state index is 6.24. The van der Waals surface area contributed by atoms with Crippen LogP contribution in [0.1, 0.15) is 38.8 Å². The Morgan fingerprint density at radius 1 is 1.21 bits per heavy atom. The maximum atomic E-state index is 6.24. The van der Waals surface area contributed by atoms with Gasteiger partial charge in [0, 0.05) is 22.1 Å². The molecule has 108 valence electrons. The minimum absolute atomic E-state index is 0.227. The van der Waals surface area contributed by atoms with Crippen molar-refractivity contribution in [2.45, 2.75) is 39.3 Å². The van der Waals surface area contributed by atoms with Crippen LogP contribution in [0.2, 0.25) is 10.0 Å². The molecule has 0 fully saturated rings. The fourth-order valence-electron chi connectivity index (χ4n) is 1.95. The average Bonchev–Trinajstić information content (AvgIpc) is 2.37. The van der Waals surface area contributed by atoms with Crippen LogP contribution in [0, 0.1) is 5.92 Å². The highest BCUT2D eigenvalue weighted by molar-refractivity contribution is 6.33. The van der Waals surface area contributed by atoms with Gasteiger partial charge in [0.15, 0.2) is 0 Å². The summed E-state index contributed by atoms with van der Waals surface area (Å²) in [6, 6.07) is 6.07. The molecule has 0 aliphatic carbocycles. The van der Waals surface area contributed by atoms with Crippen molar-refractivity contribution in [3.63, 3.8) is 0 Å². The van der Waals surface area contributed by atoms with Gasteiger partial charge < -0.3 is 5.73 Å². The smallest absolute Gasteiger partial charge is 0.0454 e. The minimum atomic E-state index is 0.227. The molecule has 2 atom stereocenters. The van der Waals surface area contributed by atoms with Crippen molar-refractivity contribution < 1.29 is 0 Å². The van der Waals surface area contributed by atoms with Gasteiger partial charge in [0.1, 0.15) is 0 Å². The molecule has 0 spiro atoms. The quantitative estimate of drug-likeness (QED) is 0.846. The van der Waals surface area contributed by atoms with E-state index in [1.54, 1.807) is 0 Å². The van der Waals surface area contributed by atoms with Crippen molar-refractivity contribution in [2.75, 3.05) is 13.6 Å². The standard InChI is InChI=1S/C15H24Cl2N2/c1-10(2)15(18)7-8-19(4)11(3)13-9-12(16)5-6-14(13)17/h5-6,9-11,15H,7-8,18H2,1-4H3. The van der Waals surface area contributed by atoms with Gasteiger partial charge in [-0.25, -0.2) is 0 Å². The van der Waals surface area contributed by atoms with Crippen LogP contribution < -0.4 is 5.73 Å². The van der Waals surface area contributed by atoms with E-state index in [-0.39, 0.29) is 12.1 Å². The molecule has 1 rings (SSSR count). The van der Waals surface area contributed by atoms with E-state index in [0.717, 1.165) is 28.6 Å². The predicted molar refractivity (Wildman–Crippen MR) is 84.9 cm³/mol. The number of benzene rings is 1. The van der Waals surface area contributed by atoms with Crippen molar-refractivity contribution in [1.29, 1.82) is 0 Å². The Morgan fingerprint density at radius 3 is 2.42 bits per heavy atom. The molecule has 19 heavy (non-hydrogen) atoms. The van der Waals surface area contributed by atoms with Crippen LogP contribution in [0.15, 0.2) is 18.2 Å². The third-order valence-corrected chi connectivity index (χ3v) is 4.32. The van der Waals surface area contributed by atoms with Crippen LogP contribution >= 0.6 is 23.2 Å². The molecule has 0 aromatic heterocycles. The topological polar surface area (TPSA) is 29.3 Å². The Hall–Kier alpha value is -0.280. The third-order valence-electron chi connectivity index (χ3n) is 3.74. The fourth-order valence-corrected chi connectivity index (χ4v) is 2.41. The second kappa shape index (κ2) is 7.49. The fraction of sp³-hybridized carbons (Fsp3) is 0.600. The zero-order valence-corrected chi connectivity index (χ0v) is 13.7. The van der Waals surface area contributed by atoms with E-state index in [1.807, 2.05) is 18.2 Å². The molecule has 0 aliphatic heterocycles. The molecule has 0 aliphatic rings. The average molecular weight is 303 g/mol. The zero-order chi connectivity index (χ0) is 14.6. The van der Waals surface area contributed by atoms with E-state index in [1.165, 1.54) is 0 Å². The molecule has 4 heteroatoms. The lowest BCUT2D eigenvalue weighted by atomic mass is 10.0. The monoisotopic (exact) mass is 302 g/mol. The summed E-state index contributed by atoms with van der Waals surface area (Å²) >= 11 is 12.3. The Morgan fingerprint density at radius 2 is 1.84 bits per heavy atom. The van der Waals surface area contributed by atoms with Crippen molar-refractivity contribution in [2.24, 2.45) is 11.7 Å². The highest BCUT2D eigenvalue weighted by Crippen LogP contribution is 2.29. The molecule has 1 aromatic rings. The Labute approximate surface area is 126 Å². The lowest BCUT2D eigenvalue weighted by molar-refractivity contribution is 0.243. The highest BCUT2D eigenvalue weighted by atomic mass is 35.5. The number of nitrogens with two attached hydrogens (primary N) is 1. The minimum Gasteiger partial charge on any atom is -0.327 e. The lowest BCUT2D eigenvalue weighted by Gasteiger charge is -2.27. The third kappa shape index (κ3) is 4.96. The summed E-state index contributed by atoms with van der Waals surface area (Å²) < 4.78 is 0. The molecule has 0 saturated heterocycles. The van der Waals surface area contributed by atoms with E-state index < -0.39 is 0 Å². The summed E-state index contributed by atoms with van der Waals surface area (Å²) in [6.07, 6.45) is 0.983. The molecule has 0 radical (unpaired) electrons. The summed E-state index contributed by atoms with van der Waals surface area (Å²) in [5.41, 5.74) is 7.15. The molecule has 2 N–H and O–H groups in total. The van der Waals surface area contributed by atoms with Crippen LogP contribution in [0.25, 0.3) is 0 Å². The zero-order valence-electron chi connectivity index (χ0n) is 12.2. The van der Waals surface area contributed by atoms with Gasteiger partial charge in [-0.2, -0.15) is 0 Å². The second-order valence-electron chi connectivity index (χ2n) is 5.52. The van der Waals surface area contributed by atoms with E-state index in [0.29, 0.717) is 5.92 Å². The summed E-state index contributed by atoms with van der Waals surface area (Å²) in [5.74, 6) is 0.512. The first-order chi connectivity index (χ1) is 8.82. The van der Waals surface area contributed by atoms with E-state index in [2.05, 4.69) is 32.7 Å². The second-order valence-corrected chi connectivity index (χ2v) is 6.36. The maximum Gasteiger partial charge on any atom is 0.0454 e. The summed E-state index contributed by atoms with van der Waals surface area (Å²) in [4.78, 5) is 2.26. The molecule has 2 unspecified atom stereocenters. The number of hydrogen-bond acceptors (Lipinski definition) is 2. The summed E-state index contributed by atoms with van der Waals surface area (Å²) in [7, 11) is 2.09. The van der Waals surface area contributed by atoms with Crippen molar-refractivity contribution >= 4 is 23.2 Å². The predicted octanol–water partition coefficient (Wildman–Crippen LogP) is 4.36. The first-order valence-electron chi connectivity index (χ1n) is 6.73. The van der Waals surface area contributed by atoms with Crippen LogP contribution in [-0.4, -0.2) is 24.5 Å². The number of halogens is 2. The van der Waals surface area contributed by atoms with Gasteiger partial charge in [0.25, 0.3) is 0 Å².